The van der Waals surface area contributed by atoms with Crippen LogP contribution in [-0.4, -0.2) is 24.1 Å². The average Bonchev–Trinajstić information content (AvgIpc) is 2.96. The van der Waals surface area contributed by atoms with Gasteiger partial charge >= 0.3 is 5.97 Å². The molecule has 0 spiro atoms. The Balaban J connectivity index is 2.08. The molecule has 0 saturated heterocycles. The van der Waals surface area contributed by atoms with E-state index in [1.807, 2.05) is 32.0 Å². The Hall–Kier alpha value is -2.04. The maximum absolute atomic E-state index is 12.4. The predicted molar refractivity (Wildman–Crippen MR) is 87.4 cm³/mol. The van der Waals surface area contributed by atoms with Crippen molar-refractivity contribution in [1.82, 2.24) is 5.32 Å². The quantitative estimate of drug-likeness (QED) is 0.844. The highest BCUT2D eigenvalue weighted by atomic mass is 16.5. The molecule has 1 aliphatic carbocycles. The molecule has 5 nitrogen and oxygen atoms in total. The van der Waals surface area contributed by atoms with Gasteiger partial charge in [-0.1, -0.05) is 30.5 Å². The number of methoxy groups -OCH3 is 1. The van der Waals surface area contributed by atoms with Crippen LogP contribution in [0.2, 0.25) is 0 Å². The molecule has 23 heavy (non-hydrogen) atoms. The first kappa shape index (κ1) is 17.3. The van der Waals surface area contributed by atoms with Gasteiger partial charge in [-0.15, -0.1) is 0 Å². The van der Waals surface area contributed by atoms with Crippen molar-refractivity contribution in [1.29, 1.82) is 0 Å². The van der Waals surface area contributed by atoms with Crippen LogP contribution in [0.5, 0.6) is 5.75 Å². The zero-order chi connectivity index (χ0) is 17.0. The van der Waals surface area contributed by atoms with E-state index in [1.165, 1.54) is 0 Å². The molecule has 0 unspecified atom stereocenters. The van der Waals surface area contributed by atoms with Crippen LogP contribution < -0.4 is 10.1 Å². The van der Waals surface area contributed by atoms with Crippen LogP contribution in [0.3, 0.4) is 0 Å². The summed E-state index contributed by atoms with van der Waals surface area (Å²) < 4.78 is 5.35. The molecule has 1 aromatic rings. The predicted octanol–water partition coefficient (Wildman–Crippen LogP) is 3.22. The van der Waals surface area contributed by atoms with E-state index in [2.05, 4.69) is 5.32 Å². The van der Waals surface area contributed by atoms with Crippen molar-refractivity contribution in [2.24, 2.45) is 5.41 Å². The summed E-state index contributed by atoms with van der Waals surface area (Å²) in [7, 11) is 1.60. The Morgan fingerprint density at radius 1 is 1.35 bits per heavy atom. The van der Waals surface area contributed by atoms with Crippen molar-refractivity contribution in [2.75, 3.05) is 7.11 Å². The Morgan fingerprint density at radius 2 is 2.00 bits per heavy atom. The lowest BCUT2D eigenvalue weighted by Crippen LogP contribution is -2.36. The van der Waals surface area contributed by atoms with Crippen molar-refractivity contribution in [3.63, 3.8) is 0 Å². The molecule has 1 aromatic carbocycles. The van der Waals surface area contributed by atoms with Crippen LogP contribution >= 0.6 is 0 Å². The molecule has 1 amide bonds. The average molecular weight is 319 g/mol. The standard InChI is InChI=1S/C18H25NO4/c1-12-6-7-15(23-3)14(10-12)13(2)19-16(20)11-18(17(21)22)8-4-5-9-18/h6-7,10,13H,4-5,8-9,11H2,1-3H3,(H,19,20)(H,21,22)/t13-/m0/s1. The van der Waals surface area contributed by atoms with Gasteiger partial charge in [-0.2, -0.15) is 0 Å². The first-order valence-electron chi connectivity index (χ1n) is 8.05. The molecule has 0 aliphatic heterocycles. The van der Waals surface area contributed by atoms with Gasteiger partial charge in [-0.25, -0.2) is 0 Å². The molecular formula is C18H25NO4. The second kappa shape index (κ2) is 7.02. The minimum Gasteiger partial charge on any atom is -0.496 e. The third-order valence-electron chi connectivity index (χ3n) is 4.74. The lowest BCUT2D eigenvalue weighted by Gasteiger charge is -2.25. The molecule has 5 heteroatoms. The Bertz CT molecular complexity index is 591. The highest BCUT2D eigenvalue weighted by Gasteiger charge is 2.43. The molecule has 2 rings (SSSR count). The van der Waals surface area contributed by atoms with E-state index < -0.39 is 11.4 Å². The van der Waals surface area contributed by atoms with Crippen LogP contribution in [0.4, 0.5) is 0 Å². The minimum atomic E-state index is -0.888. The summed E-state index contributed by atoms with van der Waals surface area (Å²) in [6.45, 7) is 3.87. The highest BCUT2D eigenvalue weighted by molar-refractivity contribution is 5.85. The van der Waals surface area contributed by atoms with Gasteiger partial charge in [-0.3, -0.25) is 9.59 Å². The lowest BCUT2D eigenvalue weighted by molar-refractivity contribution is -0.151. The number of carboxylic acids is 1. The minimum absolute atomic E-state index is 0.0425. The number of nitrogens with one attached hydrogen (secondary N) is 1. The van der Waals surface area contributed by atoms with Crippen LogP contribution in [-0.2, 0) is 9.59 Å². The zero-order valence-electron chi connectivity index (χ0n) is 14.0. The number of benzene rings is 1. The topological polar surface area (TPSA) is 75.6 Å². The fourth-order valence-corrected chi connectivity index (χ4v) is 3.39. The molecule has 1 atom stereocenters. The summed E-state index contributed by atoms with van der Waals surface area (Å²) in [4.78, 5) is 23.9. The largest absolute Gasteiger partial charge is 0.496 e. The van der Waals surface area contributed by atoms with Gasteiger partial charge in [0.05, 0.1) is 18.6 Å². The summed E-state index contributed by atoms with van der Waals surface area (Å²) in [5.74, 6) is -0.353. The normalized spacial score (nSPS) is 17.5. The summed E-state index contributed by atoms with van der Waals surface area (Å²) in [6, 6.07) is 5.58. The van der Waals surface area contributed by atoms with Gasteiger partial charge < -0.3 is 15.2 Å². The summed E-state index contributed by atoms with van der Waals surface area (Å²) in [5.41, 5.74) is 1.09. The number of carboxylic acid groups (broad SMARTS) is 1. The number of hydrogen-bond acceptors (Lipinski definition) is 3. The molecule has 0 radical (unpaired) electrons. The fraction of sp³-hybridized carbons (Fsp3) is 0.556. The van der Waals surface area contributed by atoms with E-state index in [9.17, 15) is 14.7 Å². The van der Waals surface area contributed by atoms with Gasteiger partial charge in [0.25, 0.3) is 0 Å². The first-order chi connectivity index (χ1) is 10.9. The molecule has 126 valence electrons. The molecule has 0 heterocycles. The summed E-state index contributed by atoms with van der Waals surface area (Å²) in [5, 5.41) is 12.4. The fourth-order valence-electron chi connectivity index (χ4n) is 3.39. The number of ether oxygens (including phenoxy) is 1. The number of carbonyl (C=O) groups excluding carboxylic acids is 1. The van der Waals surface area contributed by atoms with Gasteiger partial charge in [0.15, 0.2) is 0 Å². The molecule has 1 aliphatic rings. The van der Waals surface area contributed by atoms with Gasteiger partial charge in [0.1, 0.15) is 5.75 Å². The smallest absolute Gasteiger partial charge is 0.310 e. The Labute approximate surface area is 137 Å². The summed E-state index contributed by atoms with van der Waals surface area (Å²) >= 11 is 0. The number of hydrogen-bond donors (Lipinski definition) is 2. The monoisotopic (exact) mass is 319 g/mol. The molecule has 0 aromatic heterocycles. The Kier molecular flexibility index (Phi) is 5.29. The number of aryl methyl sites for hydroxylation is 1. The van der Waals surface area contributed by atoms with Gasteiger partial charge in [-0.05, 0) is 32.8 Å². The number of rotatable bonds is 6. The van der Waals surface area contributed by atoms with Crippen LogP contribution in [0, 0.1) is 12.3 Å². The molecule has 1 saturated carbocycles. The van der Waals surface area contributed by atoms with E-state index >= 15 is 0 Å². The van der Waals surface area contributed by atoms with Crippen molar-refractivity contribution in [2.45, 2.75) is 52.0 Å². The van der Waals surface area contributed by atoms with E-state index in [4.69, 9.17) is 4.74 Å². The third-order valence-corrected chi connectivity index (χ3v) is 4.74. The van der Waals surface area contributed by atoms with Crippen molar-refractivity contribution in [3.05, 3.63) is 29.3 Å². The van der Waals surface area contributed by atoms with Crippen molar-refractivity contribution >= 4 is 11.9 Å². The van der Waals surface area contributed by atoms with E-state index in [0.29, 0.717) is 12.8 Å². The second-order valence-corrected chi connectivity index (χ2v) is 6.50. The zero-order valence-corrected chi connectivity index (χ0v) is 14.0. The molecule has 0 bridgehead atoms. The van der Waals surface area contributed by atoms with Crippen LogP contribution in [0.1, 0.15) is 56.2 Å². The van der Waals surface area contributed by atoms with Gasteiger partial charge in [0.2, 0.25) is 5.91 Å². The van der Waals surface area contributed by atoms with E-state index in [1.54, 1.807) is 7.11 Å². The van der Waals surface area contributed by atoms with E-state index in [0.717, 1.165) is 29.7 Å². The van der Waals surface area contributed by atoms with Crippen LogP contribution in [0.25, 0.3) is 0 Å². The summed E-state index contributed by atoms with van der Waals surface area (Å²) in [6.07, 6.45) is 2.96. The van der Waals surface area contributed by atoms with Gasteiger partial charge in [0, 0.05) is 12.0 Å². The second-order valence-electron chi connectivity index (χ2n) is 6.50. The molecular weight excluding hydrogens is 294 g/mol. The number of carbonyl (C=O) groups is 2. The van der Waals surface area contributed by atoms with Crippen LogP contribution in [0.15, 0.2) is 18.2 Å². The third kappa shape index (κ3) is 3.84. The Morgan fingerprint density at radius 3 is 2.57 bits per heavy atom. The molecule has 2 N–H and O–H groups in total. The maximum atomic E-state index is 12.4. The van der Waals surface area contributed by atoms with Crippen molar-refractivity contribution < 1.29 is 19.4 Å². The SMILES string of the molecule is COc1ccc(C)cc1[C@H](C)NC(=O)CC1(C(=O)O)CCCC1. The maximum Gasteiger partial charge on any atom is 0.310 e. The molecule has 1 fully saturated rings. The highest BCUT2D eigenvalue weighted by Crippen LogP contribution is 2.41. The van der Waals surface area contributed by atoms with E-state index in [-0.39, 0.29) is 18.4 Å². The van der Waals surface area contributed by atoms with Crippen molar-refractivity contribution in [3.8, 4) is 5.75 Å². The first-order valence-corrected chi connectivity index (χ1v) is 8.05. The lowest BCUT2D eigenvalue weighted by atomic mass is 9.82. The number of aliphatic carboxylic acids is 1. The number of amides is 1.